The molecule has 5 heterocycles. The highest BCUT2D eigenvalue weighted by atomic mass is 35.5. The topological polar surface area (TPSA) is 77.9 Å². The highest BCUT2D eigenvalue weighted by molar-refractivity contribution is 7.98. The van der Waals surface area contributed by atoms with E-state index in [0.29, 0.717) is 24.8 Å². The van der Waals surface area contributed by atoms with E-state index in [1.807, 2.05) is 30.7 Å². The van der Waals surface area contributed by atoms with Crippen LogP contribution in [0.15, 0.2) is 48.0 Å². The number of halogens is 1. The van der Waals surface area contributed by atoms with Crippen molar-refractivity contribution in [2.75, 3.05) is 24.2 Å². The maximum Gasteiger partial charge on any atom is 0.189 e. The first-order chi connectivity index (χ1) is 15.0. The maximum atomic E-state index is 14.0. The van der Waals surface area contributed by atoms with Crippen molar-refractivity contribution >= 4 is 29.2 Å². The van der Waals surface area contributed by atoms with Crippen LogP contribution >= 0.6 is 23.4 Å². The molecule has 3 aromatic rings. The van der Waals surface area contributed by atoms with Gasteiger partial charge in [0.05, 0.1) is 23.8 Å². The number of anilines is 1. The van der Waals surface area contributed by atoms with Crippen molar-refractivity contribution in [1.29, 1.82) is 0 Å². The molecule has 2 aliphatic heterocycles. The van der Waals surface area contributed by atoms with Crippen LogP contribution in [-0.4, -0.2) is 50.0 Å². The van der Waals surface area contributed by atoms with Crippen LogP contribution in [0.4, 0.5) is 5.82 Å². The van der Waals surface area contributed by atoms with Gasteiger partial charge < -0.3 is 14.8 Å². The largest absolute Gasteiger partial charge is 0.632 e. The van der Waals surface area contributed by atoms with Crippen molar-refractivity contribution in [2.45, 2.75) is 37.1 Å². The van der Waals surface area contributed by atoms with E-state index in [4.69, 9.17) is 16.6 Å². The number of hydroxylamine groups is 3. The SMILES string of the molecule is CSc1ncc2c(n1)N1CCCC1C[N+]([O-])(Cc1ccc(-c3ccc(Cl)nc3)nc1)C2. The van der Waals surface area contributed by atoms with Crippen LogP contribution in [-0.2, 0) is 13.1 Å². The molecule has 2 aliphatic rings. The standard InChI is InChI=1S/C22H23ClN6OS/c1-31-22-26-11-17-13-29(30,14-18-3-2-8-28(18)21(17)27-22)12-15-4-6-19(24-9-15)16-5-7-20(23)25-10-16/h4-7,9-11,18H,2-3,8,12-14H2,1H3. The Hall–Kier alpha value is -2.26. The fraction of sp³-hybridized carbons (Fsp3) is 0.364. The molecule has 31 heavy (non-hydrogen) atoms. The average molecular weight is 455 g/mol. The Labute approximate surface area is 190 Å². The maximum absolute atomic E-state index is 14.0. The van der Waals surface area contributed by atoms with Crippen LogP contribution in [0.5, 0.6) is 0 Å². The molecule has 0 aliphatic carbocycles. The van der Waals surface area contributed by atoms with Gasteiger partial charge in [-0.3, -0.25) is 4.98 Å². The van der Waals surface area contributed by atoms with Gasteiger partial charge in [-0.2, -0.15) is 0 Å². The lowest BCUT2D eigenvalue weighted by molar-refractivity contribution is -0.907. The second kappa shape index (κ2) is 8.35. The van der Waals surface area contributed by atoms with Crippen LogP contribution < -0.4 is 4.90 Å². The second-order valence-corrected chi connectivity index (χ2v) is 9.33. The van der Waals surface area contributed by atoms with Gasteiger partial charge in [0.2, 0.25) is 0 Å². The van der Waals surface area contributed by atoms with Gasteiger partial charge in [0.25, 0.3) is 0 Å². The summed E-state index contributed by atoms with van der Waals surface area (Å²) in [7, 11) is 0. The molecule has 2 unspecified atom stereocenters. The molecule has 2 atom stereocenters. The summed E-state index contributed by atoms with van der Waals surface area (Å²) in [6.07, 6.45) is 9.44. The molecular formula is C22H23ClN6OS. The zero-order chi connectivity index (χ0) is 21.4. The molecule has 0 bridgehead atoms. The van der Waals surface area contributed by atoms with E-state index in [-0.39, 0.29) is 10.7 Å². The van der Waals surface area contributed by atoms with Crippen LogP contribution in [0.1, 0.15) is 24.0 Å². The Kier molecular flexibility index (Phi) is 5.56. The predicted molar refractivity (Wildman–Crippen MR) is 123 cm³/mol. The van der Waals surface area contributed by atoms with Crippen molar-refractivity contribution in [3.8, 4) is 11.3 Å². The molecule has 0 radical (unpaired) electrons. The first kappa shape index (κ1) is 20.6. The number of fused-ring (bicyclic) bond motifs is 3. The number of thioether (sulfide) groups is 1. The third kappa shape index (κ3) is 4.25. The van der Waals surface area contributed by atoms with Crippen LogP contribution in [0.3, 0.4) is 0 Å². The van der Waals surface area contributed by atoms with E-state index < -0.39 is 0 Å². The summed E-state index contributed by atoms with van der Waals surface area (Å²) in [6, 6.07) is 7.78. The number of hydrogen-bond acceptors (Lipinski definition) is 7. The third-order valence-corrected chi connectivity index (χ3v) is 6.76. The molecule has 1 fully saturated rings. The monoisotopic (exact) mass is 454 g/mol. The number of hydrogen-bond donors (Lipinski definition) is 0. The highest BCUT2D eigenvalue weighted by Crippen LogP contribution is 2.36. The zero-order valence-corrected chi connectivity index (χ0v) is 18.8. The zero-order valence-electron chi connectivity index (χ0n) is 17.2. The molecule has 0 amide bonds. The minimum atomic E-state index is -0.320. The Morgan fingerprint density at radius 1 is 1.16 bits per heavy atom. The van der Waals surface area contributed by atoms with E-state index >= 15 is 0 Å². The van der Waals surface area contributed by atoms with E-state index in [2.05, 4.69) is 19.9 Å². The van der Waals surface area contributed by atoms with Crippen molar-refractivity contribution in [1.82, 2.24) is 19.9 Å². The van der Waals surface area contributed by atoms with E-state index in [9.17, 15) is 5.21 Å². The lowest BCUT2D eigenvalue weighted by Crippen LogP contribution is -2.47. The number of pyridine rings is 2. The fourth-order valence-electron chi connectivity index (χ4n) is 4.57. The van der Waals surface area contributed by atoms with Gasteiger partial charge in [0.1, 0.15) is 24.1 Å². The fourth-order valence-corrected chi connectivity index (χ4v) is 5.02. The molecule has 160 valence electrons. The summed E-state index contributed by atoms with van der Waals surface area (Å²) in [4.78, 5) is 20.2. The lowest BCUT2D eigenvalue weighted by atomic mass is 10.1. The molecular weight excluding hydrogens is 432 g/mol. The minimum absolute atomic E-state index is 0.218. The molecule has 0 saturated carbocycles. The Balaban J connectivity index is 1.41. The smallest absolute Gasteiger partial charge is 0.189 e. The average Bonchev–Trinajstić information content (AvgIpc) is 3.18. The van der Waals surface area contributed by atoms with Crippen molar-refractivity contribution in [3.63, 3.8) is 0 Å². The summed E-state index contributed by atoms with van der Waals surface area (Å²) in [5.74, 6) is 0.946. The van der Waals surface area contributed by atoms with Crippen LogP contribution in [0, 0.1) is 5.21 Å². The quantitative estimate of drug-likeness (QED) is 0.191. The molecule has 9 heteroatoms. The predicted octanol–water partition coefficient (Wildman–Crippen LogP) is 4.31. The summed E-state index contributed by atoms with van der Waals surface area (Å²) in [6.45, 7) is 2.25. The van der Waals surface area contributed by atoms with Gasteiger partial charge >= 0.3 is 0 Å². The molecule has 7 nitrogen and oxygen atoms in total. The van der Waals surface area contributed by atoms with Gasteiger partial charge in [-0.1, -0.05) is 23.4 Å². The van der Waals surface area contributed by atoms with Crippen molar-refractivity contribution < 1.29 is 4.65 Å². The highest BCUT2D eigenvalue weighted by Gasteiger charge is 2.38. The van der Waals surface area contributed by atoms with Crippen molar-refractivity contribution in [3.05, 3.63) is 64.3 Å². The Morgan fingerprint density at radius 3 is 2.81 bits per heavy atom. The summed E-state index contributed by atoms with van der Waals surface area (Å²) in [5, 5.41) is 15.2. The first-order valence-electron chi connectivity index (χ1n) is 10.3. The van der Waals surface area contributed by atoms with E-state index in [1.54, 1.807) is 18.5 Å². The van der Waals surface area contributed by atoms with Crippen LogP contribution in [0.25, 0.3) is 11.3 Å². The van der Waals surface area contributed by atoms with Gasteiger partial charge in [0.15, 0.2) is 5.16 Å². The summed E-state index contributed by atoms with van der Waals surface area (Å²) >= 11 is 7.40. The third-order valence-electron chi connectivity index (χ3n) is 5.97. The number of rotatable bonds is 4. The molecule has 3 aromatic heterocycles. The lowest BCUT2D eigenvalue weighted by Gasteiger charge is -2.43. The number of quaternary nitrogens is 1. The Bertz CT molecular complexity index is 1080. The van der Waals surface area contributed by atoms with Gasteiger partial charge in [-0.05, 0) is 43.4 Å². The number of aromatic nitrogens is 4. The molecule has 0 N–H and O–H groups in total. The van der Waals surface area contributed by atoms with Gasteiger partial charge in [0, 0.05) is 36.3 Å². The van der Waals surface area contributed by atoms with E-state index in [1.165, 1.54) is 11.8 Å². The molecule has 0 aromatic carbocycles. The Morgan fingerprint density at radius 2 is 2.06 bits per heavy atom. The number of nitrogens with zero attached hydrogens (tertiary/aromatic N) is 6. The van der Waals surface area contributed by atoms with Gasteiger partial charge in [-0.25, -0.2) is 15.0 Å². The molecule has 5 rings (SSSR count). The normalized spacial score (nSPS) is 22.7. The first-order valence-corrected chi connectivity index (χ1v) is 11.9. The summed E-state index contributed by atoms with van der Waals surface area (Å²) < 4.78 is -0.320. The molecule has 1 saturated heterocycles. The summed E-state index contributed by atoms with van der Waals surface area (Å²) in [5.41, 5.74) is 3.57. The second-order valence-electron chi connectivity index (χ2n) is 8.17. The van der Waals surface area contributed by atoms with E-state index in [0.717, 1.165) is 52.7 Å². The van der Waals surface area contributed by atoms with Gasteiger partial charge in [-0.15, -0.1) is 0 Å². The van der Waals surface area contributed by atoms with Crippen LogP contribution in [0.2, 0.25) is 5.15 Å². The minimum Gasteiger partial charge on any atom is -0.632 e. The molecule has 0 spiro atoms. The van der Waals surface area contributed by atoms with Crippen molar-refractivity contribution in [2.24, 2.45) is 0 Å².